The van der Waals surface area contributed by atoms with Crippen molar-refractivity contribution in [2.75, 3.05) is 13.1 Å². The van der Waals surface area contributed by atoms with Crippen molar-refractivity contribution in [3.63, 3.8) is 0 Å². The van der Waals surface area contributed by atoms with Gasteiger partial charge in [0.1, 0.15) is 0 Å². The zero-order chi connectivity index (χ0) is 11.7. The Balaban J connectivity index is 1.51. The number of fused-ring (bicyclic) bond motifs is 1. The summed E-state index contributed by atoms with van der Waals surface area (Å²) in [6.07, 6.45) is 7.62. The average Bonchev–Trinajstić information content (AvgIpc) is 2.94. The van der Waals surface area contributed by atoms with Crippen LogP contribution >= 0.6 is 0 Å². The first kappa shape index (κ1) is 11.3. The van der Waals surface area contributed by atoms with E-state index in [1.807, 2.05) is 0 Å². The van der Waals surface area contributed by atoms with E-state index in [1.54, 1.807) is 0 Å². The summed E-state index contributed by atoms with van der Waals surface area (Å²) < 4.78 is 2.21. The third-order valence-corrected chi connectivity index (χ3v) is 4.44. The minimum Gasteiger partial charge on any atom is -0.353 e. The highest BCUT2D eigenvalue weighted by Crippen LogP contribution is 2.26. The van der Waals surface area contributed by atoms with E-state index in [4.69, 9.17) is 0 Å². The van der Waals surface area contributed by atoms with E-state index in [1.165, 1.54) is 44.5 Å². The molecule has 1 aromatic rings. The number of nitrogens with zero attached hydrogens (tertiary/aromatic N) is 2. The van der Waals surface area contributed by atoms with Crippen LogP contribution in [0.5, 0.6) is 0 Å². The van der Waals surface area contributed by atoms with Gasteiger partial charge in [0.05, 0.1) is 0 Å². The van der Waals surface area contributed by atoms with Gasteiger partial charge < -0.3 is 14.8 Å². The third kappa shape index (κ3) is 2.40. The fourth-order valence-corrected chi connectivity index (χ4v) is 3.34. The van der Waals surface area contributed by atoms with Crippen molar-refractivity contribution in [2.24, 2.45) is 7.05 Å². The fourth-order valence-electron chi connectivity index (χ4n) is 3.34. The molecule has 0 spiro atoms. The number of aromatic nitrogens is 1. The molecule has 0 bridgehead atoms. The smallest absolute Gasteiger partial charge is 0.0361 e. The molecule has 2 saturated heterocycles. The van der Waals surface area contributed by atoms with Crippen LogP contribution in [-0.2, 0) is 13.6 Å². The minimum absolute atomic E-state index is 0.726. The predicted molar refractivity (Wildman–Crippen MR) is 69.9 cm³/mol. The van der Waals surface area contributed by atoms with Crippen LogP contribution in [0.3, 0.4) is 0 Å². The highest BCUT2D eigenvalue weighted by molar-refractivity contribution is 5.06. The number of piperidine rings is 1. The van der Waals surface area contributed by atoms with Gasteiger partial charge in [-0.3, -0.25) is 0 Å². The number of hydrogen-bond acceptors (Lipinski definition) is 2. The monoisotopic (exact) mass is 233 g/mol. The summed E-state index contributed by atoms with van der Waals surface area (Å²) in [6.45, 7) is 3.66. The van der Waals surface area contributed by atoms with Crippen molar-refractivity contribution < 1.29 is 0 Å². The van der Waals surface area contributed by atoms with Crippen molar-refractivity contribution in [3.05, 3.63) is 24.0 Å². The molecule has 0 amide bonds. The third-order valence-electron chi connectivity index (χ3n) is 4.44. The predicted octanol–water partition coefficient (Wildman–Crippen LogP) is 1.74. The molecule has 1 N–H and O–H groups in total. The van der Waals surface area contributed by atoms with Crippen molar-refractivity contribution in [1.29, 1.82) is 0 Å². The molecular formula is C14H23N3. The molecule has 3 nitrogen and oxygen atoms in total. The Kier molecular flexibility index (Phi) is 3.21. The Morgan fingerprint density at radius 3 is 3.12 bits per heavy atom. The van der Waals surface area contributed by atoms with Gasteiger partial charge in [0.2, 0.25) is 0 Å². The molecular weight excluding hydrogens is 210 g/mol. The number of hydrogen-bond donors (Lipinski definition) is 1. The van der Waals surface area contributed by atoms with Gasteiger partial charge in [-0.05, 0) is 50.9 Å². The van der Waals surface area contributed by atoms with Crippen molar-refractivity contribution in [2.45, 2.75) is 44.3 Å². The van der Waals surface area contributed by atoms with Gasteiger partial charge in [-0.15, -0.1) is 0 Å². The van der Waals surface area contributed by atoms with Crippen molar-refractivity contribution in [1.82, 2.24) is 14.8 Å². The van der Waals surface area contributed by atoms with Crippen molar-refractivity contribution >= 4 is 0 Å². The maximum Gasteiger partial charge on any atom is 0.0361 e. The highest BCUT2D eigenvalue weighted by Gasteiger charge is 2.31. The van der Waals surface area contributed by atoms with E-state index in [9.17, 15) is 0 Å². The lowest BCUT2D eigenvalue weighted by Gasteiger charge is -2.35. The zero-order valence-electron chi connectivity index (χ0n) is 10.7. The summed E-state index contributed by atoms with van der Waals surface area (Å²) in [7, 11) is 2.12. The van der Waals surface area contributed by atoms with Crippen LogP contribution in [0.1, 0.15) is 31.4 Å². The summed E-state index contributed by atoms with van der Waals surface area (Å²) in [6, 6.07) is 5.92. The summed E-state index contributed by atoms with van der Waals surface area (Å²) in [5.41, 5.74) is 1.39. The Hall–Kier alpha value is -0.800. The van der Waals surface area contributed by atoms with E-state index in [-0.39, 0.29) is 0 Å². The molecule has 3 heteroatoms. The van der Waals surface area contributed by atoms with Gasteiger partial charge in [-0.2, -0.15) is 0 Å². The van der Waals surface area contributed by atoms with E-state index in [2.05, 4.69) is 40.2 Å². The van der Waals surface area contributed by atoms with Gasteiger partial charge in [-0.25, -0.2) is 0 Å². The van der Waals surface area contributed by atoms with Crippen LogP contribution < -0.4 is 5.32 Å². The van der Waals surface area contributed by atoms with Crippen LogP contribution in [0.4, 0.5) is 0 Å². The van der Waals surface area contributed by atoms with Crippen LogP contribution in [0.15, 0.2) is 18.3 Å². The first-order valence-electron chi connectivity index (χ1n) is 6.90. The van der Waals surface area contributed by atoms with E-state index >= 15 is 0 Å². The maximum atomic E-state index is 3.73. The number of rotatable bonds is 3. The second-order valence-electron chi connectivity index (χ2n) is 5.54. The summed E-state index contributed by atoms with van der Waals surface area (Å²) in [5, 5.41) is 3.73. The topological polar surface area (TPSA) is 20.2 Å². The standard InChI is InChI=1S/C14H23N3/c1-16-7-2-5-14(16)11-15-12-6-9-17-8-3-4-13(17)10-12/h2,5,7,12-13,15H,3-4,6,8-11H2,1H3. The van der Waals surface area contributed by atoms with Crippen LogP contribution in [0.2, 0.25) is 0 Å². The molecule has 17 heavy (non-hydrogen) atoms. The largest absolute Gasteiger partial charge is 0.353 e. The van der Waals surface area contributed by atoms with Gasteiger partial charge in [0.15, 0.2) is 0 Å². The first-order chi connectivity index (χ1) is 8.33. The second kappa shape index (κ2) is 4.83. The molecule has 94 valence electrons. The minimum atomic E-state index is 0.726. The summed E-state index contributed by atoms with van der Waals surface area (Å²) in [5.74, 6) is 0. The Morgan fingerprint density at radius 2 is 2.29 bits per heavy atom. The maximum absolute atomic E-state index is 3.73. The molecule has 1 aromatic heterocycles. The van der Waals surface area contributed by atoms with Crippen molar-refractivity contribution in [3.8, 4) is 0 Å². The molecule has 2 unspecified atom stereocenters. The average molecular weight is 233 g/mol. The first-order valence-corrected chi connectivity index (χ1v) is 6.90. The molecule has 3 rings (SSSR count). The Bertz CT molecular complexity index is 371. The van der Waals surface area contributed by atoms with Gasteiger partial charge in [-0.1, -0.05) is 0 Å². The van der Waals surface area contributed by atoms with Crippen LogP contribution in [0.25, 0.3) is 0 Å². The Labute approximate surface area is 104 Å². The van der Waals surface area contributed by atoms with E-state index in [0.717, 1.165) is 18.6 Å². The molecule has 2 aliphatic heterocycles. The van der Waals surface area contributed by atoms with Gasteiger partial charge in [0.25, 0.3) is 0 Å². The molecule has 0 aliphatic carbocycles. The fraction of sp³-hybridized carbons (Fsp3) is 0.714. The summed E-state index contributed by atoms with van der Waals surface area (Å²) >= 11 is 0. The number of nitrogens with one attached hydrogen (secondary N) is 1. The number of aryl methyl sites for hydroxylation is 1. The molecule has 2 atom stereocenters. The lowest BCUT2D eigenvalue weighted by molar-refractivity contribution is 0.166. The highest BCUT2D eigenvalue weighted by atomic mass is 15.2. The van der Waals surface area contributed by atoms with Gasteiger partial charge in [0, 0.05) is 37.6 Å². The normalized spacial score (nSPS) is 29.5. The van der Waals surface area contributed by atoms with Crippen LogP contribution in [0, 0.1) is 0 Å². The van der Waals surface area contributed by atoms with E-state index < -0.39 is 0 Å². The van der Waals surface area contributed by atoms with Crippen LogP contribution in [-0.4, -0.2) is 34.6 Å². The molecule has 3 heterocycles. The Morgan fingerprint density at radius 1 is 1.35 bits per heavy atom. The molecule has 0 saturated carbocycles. The molecule has 2 fully saturated rings. The molecule has 0 radical (unpaired) electrons. The van der Waals surface area contributed by atoms with Gasteiger partial charge >= 0.3 is 0 Å². The molecule has 0 aromatic carbocycles. The van der Waals surface area contributed by atoms with E-state index in [0.29, 0.717) is 0 Å². The summed E-state index contributed by atoms with van der Waals surface area (Å²) in [4.78, 5) is 2.68. The second-order valence-corrected chi connectivity index (χ2v) is 5.54. The molecule has 2 aliphatic rings. The lowest BCUT2D eigenvalue weighted by atomic mass is 9.97. The zero-order valence-corrected chi connectivity index (χ0v) is 10.7. The lowest BCUT2D eigenvalue weighted by Crippen LogP contribution is -2.45. The quantitative estimate of drug-likeness (QED) is 0.858. The SMILES string of the molecule is Cn1cccc1CNC1CCN2CCCC2C1.